The van der Waals surface area contributed by atoms with Gasteiger partial charge in [-0.25, -0.2) is 9.97 Å². The third kappa shape index (κ3) is 3.55. The van der Waals surface area contributed by atoms with E-state index >= 15 is 0 Å². The number of phenolic OH excluding ortho intramolecular Hbond substituents is 1. The lowest BCUT2D eigenvalue weighted by molar-refractivity contribution is 0.412. The zero-order valence-electron chi connectivity index (χ0n) is 17.1. The van der Waals surface area contributed by atoms with E-state index in [-0.39, 0.29) is 5.75 Å². The molecule has 5 rings (SSSR count). The minimum absolute atomic E-state index is 0.164. The number of nitrogens with zero attached hydrogens (tertiary/aromatic N) is 2. The van der Waals surface area contributed by atoms with Crippen LogP contribution in [0, 0.1) is 0 Å². The van der Waals surface area contributed by atoms with Crippen LogP contribution in [0.5, 0.6) is 11.5 Å². The maximum absolute atomic E-state index is 10.5. The second-order valence-electron chi connectivity index (χ2n) is 7.57. The zero-order valence-corrected chi connectivity index (χ0v) is 19.5. The SMILES string of the molecule is COc1ccc(O)c(-c2nc3c(-c4ccc(Cl)cc4)c4cc(C(C)C)sc4nc3s2)c1. The second-order valence-corrected chi connectivity index (χ2v) is 10.0. The van der Waals surface area contributed by atoms with Gasteiger partial charge in [0.2, 0.25) is 0 Å². The molecule has 156 valence electrons. The quantitative estimate of drug-likeness (QED) is 0.294. The monoisotopic (exact) mass is 466 g/mol. The Morgan fingerprint density at radius 2 is 1.74 bits per heavy atom. The minimum atomic E-state index is 0.164. The van der Waals surface area contributed by atoms with E-state index in [9.17, 15) is 5.11 Å². The van der Waals surface area contributed by atoms with Crippen LogP contribution in [-0.4, -0.2) is 22.2 Å². The average molecular weight is 467 g/mol. The fraction of sp³-hybridized carbons (Fsp3) is 0.167. The molecule has 2 aromatic carbocycles. The first-order valence-electron chi connectivity index (χ1n) is 9.82. The lowest BCUT2D eigenvalue weighted by Crippen LogP contribution is -1.86. The van der Waals surface area contributed by atoms with Crippen LogP contribution in [0.15, 0.2) is 48.5 Å². The number of pyridine rings is 1. The van der Waals surface area contributed by atoms with Gasteiger partial charge in [0, 0.05) is 20.8 Å². The molecule has 0 radical (unpaired) electrons. The topological polar surface area (TPSA) is 55.2 Å². The van der Waals surface area contributed by atoms with E-state index in [2.05, 4.69) is 19.9 Å². The van der Waals surface area contributed by atoms with Crippen molar-refractivity contribution < 1.29 is 9.84 Å². The summed E-state index contributed by atoms with van der Waals surface area (Å²) in [5.74, 6) is 1.25. The number of benzene rings is 2. The van der Waals surface area contributed by atoms with Gasteiger partial charge < -0.3 is 9.84 Å². The summed E-state index contributed by atoms with van der Waals surface area (Å²) in [6.45, 7) is 4.38. The molecule has 0 unspecified atom stereocenters. The lowest BCUT2D eigenvalue weighted by Gasteiger charge is -2.05. The van der Waals surface area contributed by atoms with Gasteiger partial charge in [0.25, 0.3) is 0 Å². The summed E-state index contributed by atoms with van der Waals surface area (Å²) >= 11 is 9.34. The van der Waals surface area contributed by atoms with Crippen molar-refractivity contribution in [3.05, 3.63) is 58.4 Å². The van der Waals surface area contributed by atoms with Crippen molar-refractivity contribution in [3.63, 3.8) is 0 Å². The van der Waals surface area contributed by atoms with Gasteiger partial charge in [0.05, 0.1) is 12.7 Å². The Bertz CT molecular complexity index is 1420. The van der Waals surface area contributed by atoms with E-state index < -0.39 is 0 Å². The van der Waals surface area contributed by atoms with E-state index in [1.54, 1.807) is 36.6 Å². The molecule has 0 amide bonds. The number of rotatable bonds is 4. The van der Waals surface area contributed by atoms with Gasteiger partial charge >= 0.3 is 0 Å². The van der Waals surface area contributed by atoms with E-state index in [1.165, 1.54) is 16.2 Å². The molecule has 3 heterocycles. The van der Waals surface area contributed by atoms with Gasteiger partial charge in [-0.1, -0.05) is 48.9 Å². The molecule has 0 fully saturated rings. The van der Waals surface area contributed by atoms with Crippen molar-refractivity contribution in [2.45, 2.75) is 19.8 Å². The smallest absolute Gasteiger partial charge is 0.146 e. The highest BCUT2D eigenvalue weighted by Gasteiger charge is 2.20. The van der Waals surface area contributed by atoms with E-state index in [1.807, 2.05) is 24.3 Å². The first kappa shape index (κ1) is 20.2. The summed E-state index contributed by atoms with van der Waals surface area (Å²) < 4.78 is 5.34. The molecule has 0 aliphatic heterocycles. The van der Waals surface area contributed by atoms with Crippen molar-refractivity contribution in [1.29, 1.82) is 0 Å². The molecule has 1 N–H and O–H groups in total. The summed E-state index contributed by atoms with van der Waals surface area (Å²) in [6, 6.07) is 15.2. The Morgan fingerprint density at radius 1 is 0.968 bits per heavy atom. The summed E-state index contributed by atoms with van der Waals surface area (Å²) in [5.41, 5.74) is 3.55. The predicted octanol–water partition coefficient (Wildman–Crippen LogP) is 7.73. The number of ether oxygens (including phenoxy) is 1. The van der Waals surface area contributed by atoms with Gasteiger partial charge in [-0.15, -0.1) is 11.3 Å². The highest BCUT2D eigenvalue weighted by molar-refractivity contribution is 7.22. The Morgan fingerprint density at radius 3 is 2.45 bits per heavy atom. The number of phenols is 1. The van der Waals surface area contributed by atoms with Crippen LogP contribution in [0.2, 0.25) is 5.02 Å². The molecule has 0 spiro atoms. The van der Waals surface area contributed by atoms with Crippen molar-refractivity contribution >= 4 is 54.8 Å². The molecular weight excluding hydrogens is 448 g/mol. The number of aromatic nitrogens is 2. The predicted molar refractivity (Wildman–Crippen MR) is 131 cm³/mol. The molecule has 0 saturated heterocycles. The molecule has 0 bridgehead atoms. The number of aromatic hydroxyl groups is 1. The van der Waals surface area contributed by atoms with Crippen LogP contribution in [0.1, 0.15) is 24.6 Å². The number of thiophene rings is 1. The number of hydrogen-bond acceptors (Lipinski definition) is 6. The molecule has 5 aromatic rings. The highest BCUT2D eigenvalue weighted by Crippen LogP contribution is 2.44. The van der Waals surface area contributed by atoms with Crippen LogP contribution in [0.3, 0.4) is 0 Å². The Hall–Kier alpha value is -2.67. The van der Waals surface area contributed by atoms with E-state index in [0.717, 1.165) is 31.7 Å². The number of methoxy groups -OCH3 is 1. The summed E-state index contributed by atoms with van der Waals surface area (Å²) in [7, 11) is 1.61. The van der Waals surface area contributed by atoms with Gasteiger partial charge in [-0.3, -0.25) is 0 Å². The van der Waals surface area contributed by atoms with Crippen molar-refractivity contribution in [2.24, 2.45) is 0 Å². The summed E-state index contributed by atoms with van der Waals surface area (Å²) in [4.78, 5) is 13.0. The number of hydrogen-bond donors (Lipinski definition) is 1. The summed E-state index contributed by atoms with van der Waals surface area (Å²) in [6.07, 6.45) is 0. The van der Waals surface area contributed by atoms with Crippen molar-refractivity contribution in [2.75, 3.05) is 7.11 Å². The second kappa shape index (κ2) is 7.79. The fourth-order valence-electron chi connectivity index (χ4n) is 3.55. The van der Waals surface area contributed by atoms with Crippen LogP contribution < -0.4 is 4.74 Å². The highest BCUT2D eigenvalue weighted by atomic mass is 35.5. The third-order valence-electron chi connectivity index (χ3n) is 5.19. The van der Waals surface area contributed by atoms with Crippen molar-refractivity contribution in [3.8, 4) is 33.2 Å². The molecule has 7 heteroatoms. The van der Waals surface area contributed by atoms with Gasteiger partial charge in [-0.2, -0.15) is 0 Å². The van der Waals surface area contributed by atoms with Gasteiger partial charge in [-0.05, 0) is 47.9 Å². The molecule has 0 aliphatic rings. The van der Waals surface area contributed by atoms with E-state index in [4.69, 9.17) is 26.3 Å². The maximum atomic E-state index is 10.5. The third-order valence-corrected chi connectivity index (χ3v) is 7.75. The lowest BCUT2D eigenvalue weighted by atomic mass is 10.0. The van der Waals surface area contributed by atoms with Gasteiger partial charge in [0.15, 0.2) is 0 Å². The molecule has 0 saturated carbocycles. The van der Waals surface area contributed by atoms with Crippen LogP contribution in [0.25, 0.3) is 42.3 Å². The summed E-state index contributed by atoms with van der Waals surface area (Å²) in [5, 5.41) is 12.9. The number of halogens is 1. The first-order valence-corrected chi connectivity index (χ1v) is 11.8. The Labute approximate surface area is 192 Å². The first-order chi connectivity index (χ1) is 14.9. The molecular formula is C24H19ClN2O2S2. The normalized spacial score (nSPS) is 11.6. The van der Waals surface area contributed by atoms with Crippen LogP contribution >= 0.6 is 34.3 Å². The van der Waals surface area contributed by atoms with Crippen LogP contribution in [0.4, 0.5) is 0 Å². The Balaban J connectivity index is 1.82. The molecule has 0 aliphatic carbocycles. The molecule has 4 nitrogen and oxygen atoms in total. The van der Waals surface area contributed by atoms with Gasteiger partial charge in [0.1, 0.15) is 31.7 Å². The van der Waals surface area contributed by atoms with Crippen LogP contribution in [-0.2, 0) is 0 Å². The largest absolute Gasteiger partial charge is 0.507 e. The van der Waals surface area contributed by atoms with Crippen molar-refractivity contribution in [1.82, 2.24) is 9.97 Å². The Kier molecular flexibility index (Phi) is 5.08. The molecule has 0 atom stereocenters. The zero-order chi connectivity index (χ0) is 21.7. The maximum Gasteiger partial charge on any atom is 0.146 e. The minimum Gasteiger partial charge on any atom is -0.507 e. The van der Waals surface area contributed by atoms with E-state index in [0.29, 0.717) is 27.3 Å². The molecule has 31 heavy (non-hydrogen) atoms. The standard InChI is InChI=1S/C24H19ClN2O2S2/c1-12(2)19-11-17-20(13-4-6-14(25)7-5-13)21-24(27-23(17)30-19)31-22(26-21)16-10-15(29-3)8-9-18(16)28/h4-12,28H,1-3H3. The number of thiazole rings is 1. The molecule has 3 aromatic heterocycles. The fourth-order valence-corrected chi connectivity index (χ4v) is 5.76. The number of fused-ring (bicyclic) bond motifs is 2. The average Bonchev–Trinajstić information content (AvgIpc) is 3.37.